The molecule has 5 nitrogen and oxygen atoms in total. The van der Waals surface area contributed by atoms with Crippen molar-refractivity contribution in [2.24, 2.45) is 5.92 Å². The van der Waals surface area contributed by atoms with Gasteiger partial charge in [0, 0.05) is 13.1 Å². The van der Waals surface area contributed by atoms with Crippen LogP contribution in [0, 0.1) is 5.92 Å². The van der Waals surface area contributed by atoms with Gasteiger partial charge in [-0.1, -0.05) is 6.92 Å². The largest absolute Gasteiger partial charge is 0.372 e. The van der Waals surface area contributed by atoms with Gasteiger partial charge in [-0.3, -0.25) is 9.69 Å². The number of likely N-dealkylation sites (tertiary alicyclic amines) is 1. The molecule has 0 saturated carbocycles. The van der Waals surface area contributed by atoms with Crippen molar-refractivity contribution in [2.75, 3.05) is 45.8 Å². The van der Waals surface area contributed by atoms with Crippen molar-refractivity contribution in [2.45, 2.75) is 45.8 Å². The quantitative estimate of drug-likeness (QED) is 0.820. The smallest absolute Gasteiger partial charge is 0.236 e. The van der Waals surface area contributed by atoms with Crippen molar-refractivity contribution in [3.05, 3.63) is 0 Å². The van der Waals surface area contributed by atoms with Gasteiger partial charge in [-0.15, -0.1) is 0 Å². The normalized spacial score (nSPS) is 28.8. The Labute approximate surface area is 129 Å². The molecule has 2 unspecified atom stereocenters. The fraction of sp³-hybridized carbons (Fsp3) is 0.938. The van der Waals surface area contributed by atoms with E-state index in [9.17, 15) is 4.79 Å². The van der Waals surface area contributed by atoms with Gasteiger partial charge in [0.2, 0.25) is 5.91 Å². The van der Waals surface area contributed by atoms with Gasteiger partial charge < -0.3 is 15.0 Å². The van der Waals surface area contributed by atoms with E-state index in [1.165, 1.54) is 12.8 Å². The molecule has 2 saturated heterocycles. The minimum Gasteiger partial charge on any atom is -0.372 e. The second-order valence-corrected chi connectivity index (χ2v) is 6.58. The number of amides is 1. The molecule has 0 aromatic heterocycles. The molecule has 2 aliphatic heterocycles. The molecule has 2 atom stereocenters. The van der Waals surface area contributed by atoms with Crippen molar-refractivity contribution in [3.8, 4) is 0 Å². The van der Waals surface area contributed by atoms with Crippen molar-refractivity contribution >= 4 is 5.91 Å². The van der Waals surface area contributed by atoms with Gasteiger partial charge in [-0.25, -0.2) is 0 Å². The van der Waals surface area contributed by atoms with Crippen molar-refractivity contribution in [3.63, 3.8) is 0 Å². The van der Waals surface area contributed by atoms with E-state index in [1.807, 2.05) is 18.7 Å². The molecule has 2 heterocycles. The van der Waals surface area contributed by atoms with E-state index in [-0.39, 0.29) is 18.1 Å². The predicted octanol–water partition coefficient (Wildman–Crippen LogP) is 0.944. The van der Waals surface area contributed by atoms with Crippen LogP contribution >= 0.6 is 0 Å². The summed E-state index contributed by atoms with van der Waals surface area (Å²) in [5, 5.41) is 3.43. The average Bonchev–Trinajstić information content (AvgIpc) is 2.45. The molecule has 2 rings (SSSR count). The first-order valence-electron chi connectivity index (χ1n) is 8.44. The highest BCUT2D eigenvalue weighted by atomic mass is 16.5. The molecule has 0 spiro atoms. The van der Waals surface area contributed by atoms with Crippen LogP contribution in [0.3, 0.4) is 0 Å². The third-order valence-corrected chi connectivity index (χ3v) is 4.52. The van der Waals surface area contributed by atoms with E-state index in [0.29, 0.717) is 6.54 Å². The standard InChI is InChI=1S/C16H31N3O2/c1-4-17-9-15-5-7-18(8-6-15)12-16(20)19-10-13(2)21-14(3)11-19/h13-15,17H,4-12H2,1-3H3. The van der Waals surface area contributed by atoms with Gasteiger partial charge in [-0.2, -0.15) is 0 Å². The van der Waals surface area contributed by atoms with Crippen LogP contribution < -0.4 is 5.32 Å². The predicted molar refractivity (Wildman–Crippen MR) is 84.3 cm³/mol. The van der Waals surface area contributed by atoms with Crippen LogP contribution in [0.5, 0.6) is 0 Å². The van der Waals surface area contributed by atoms with Crippen LogP contribution in [0.4, 0.5) is 0 Å². The van der Waals surface area contributed by atoms with Crippen LogP contribution in [-0.2, 0) is 9.53 Å². The Morgan fingerprint density at radius 1 is 1.19 bits per heavy atom. The summed E-state index contributed by atoms with van der Waals surface area (Å²) < 4.78 is 5.69. The van der Waals surface area contributed by atoms with Gasteiger partial charge in [0.05, 0.1) is 18.8 Å². The van der Waals surface area contributed by atoms with E-state index in [1.54, 1.807) is 0 Å². The third-order valence-electron chi connectivity index (χ3n) is 4.52. The molecule has 0 aromatic carbocycles. The van der Waals surface area contributed by atoms with Crippen LogP contribution in [0.25, 0.3) is 0 Å². The second-order valence-electron chi connectivity index (χ2n) is 6.58. The monoisotopic (exact) mass is 297 g/mol. The van der Waals surface area contributed by atoms with Crippen molar-refractivity contribution in [1.82, 2.24) is 15.1 Å². The molecule has 2 aliphatic rings. The summed E-state index contributed by atoms with van der Waals surface area (Å²) >= 11 is 0. The lowest BCUT2D eigenvalue weighted by molar-refractivity contribution is -0.144. The lowest BCUT2D eigenvalue weighted by atomic mass is 9.97. The Morgan fingerprint density at radius 2 is 1.81 bits per heavy atom. The second kappa shape index (κ2) is 8.11. The van der Waals surface area contributed by atoms with Gasteiger partial charge in [0.15, 0.2) is 0 Å². The SMILES string of the molecule is CCNCC1CCN(CC(=O)N2CC(C)OC(C)C2)CC1. The summed E-state index contributed by atoms with van der Waals surface area (Å²) in [6.45, 7) is 12.6. The molecule has 0 bridgehead atoms. The maximum Gasteiger partial charge on any atom is 0.236 e. The number of ether oxygens (including phenoxy) is 1. The fourth-order valence-corrected chi connectivity index (χ4v) is 3.37. The Hall–Kier alpha value is -0.650. The summed E-state index contributed by atoms with van der Waals surface area (Å²) in [6, 6.07) is 0. The average molecular weight is 297 g/mol. The van der Waals surface area contributed by atoms with E-state index in [4.69, 9.17) is 4.74 Å². The van der Waals surface area contributed by atoms with Crippen LogP contribution in [-0.4, -0.2) is 73.7 Å². The highest BCUT2D eigenvalue weighted by Gasteiger charge is 2.28. The van der Waals surface area contributed by atoms with E-state index >= 15 is 0 Å². The Balaban J connectivity index is 1.71. The topological polar surface area (TPSA) is 44.8 Å². The molecule has 21 heavy (non-hydrogen) atoms. The lowest BCUT2D eigenvalue weighted by Gasteiger charge is -2.37. The number of carbonyl (C=O) groups excluding carboxylic acids is 1. The Bertz CT molecular complexity index is 319. The summed E-state index contributed by atoms with van der Waals surface area (Å²) in [7, 11) is 0. The van der Waals surface area contributed by atoms with Crippen LogP contribution in [0.1, 0.15) is 33.6 Å². The van der Waals surface area contributed by atoms with Gasteiger partial charge in [-0.05, 0) is 58.8 Å². The molecule has 1 N–H and O–H groups in total. The third kappa shape index (κ3) is 5.24. The molecule has 0 aromatic rings. The number of hydrogen-bond acceptors (Lipinski definition) is 4. The first-order valence-corrected chi connectivity index (χ1v) is 8.44. The highest BCUT2D eigenvalue weighted by molar-refractivity contribution is 5.78. The summed E-state index contributed by atoms with van der Waals surface area (Å²) in [4.78, 5) is 16.7. The van der Waals surface area contributed by atoms with E-state index < -0.39 is 0 Å². The summed E-state index contributed by atoms with van der Waals surface area (Å²) in [5.41, 5.74) is 0. The zero-order chi connectivity index (χ0) is 15.2. The molecular weight excluding hydrogens is 266 g/mol. The van der Waals surface area contributed by atoms with E-state index in [2.05, 4.69) is 17.1 Å². The number of carbonyl (C=O) groups is 1. The lowest BCUT2D eigenvalue weighted by Crippen LogP contribution is -2.51. The zero-order valence-electron chi connectivity index (χ0n) is 13.8. The highest BCUT2D eigenvalue weighted by Crippen LogP contribution is 2.17. The molecule has 0 aliphatic carbocycles. The number of piperidine rings is 1. The fourth-order valence-electron chi connectivity index (χ4n) is 3.37. The minimum absolute atomic E-state index is 0.156. The number of morpholine rings is 1. The first kappa shape index (κ1) is 16.7. The number of hydrogen-bond donors (Lipinski definition) is 1. The summed E-state index contributed by atoms with van der Waals surface area (Å²) in [5.74, 6) is 1.04. The molecule has 5 heteroatoms. The number of nitrogens with zero attached hydrogens (tertiary/aromatic N) is 2. The van der Waals surface area contributed by atoms with E-state index in [0.717, 1.165) is 45.2 Å². The van der Waals surface area contributed by atoms with Gasteiger partial charge >= 0.3 is 0 Å². The van der Waals surface area contributed by atoms with Crippen LogP contribution in [0.15, 0.2) is 0 Å². The molecule has 122 valence electrons. The Morgan fingerprint density at radius 3 is 2.38 bits per heavy atom. The first-order chi connectivity index (χ1) is 10.1. The van der Waals surface area contributed by atoms with Crippen molar-refractivity contribution < 1.29 is 9.53 Å². The maximum atomic E-state index is 12.4. The Kier molecular flexibility index (Phi) is 6.45. The molecular formula is C16H31N3O2. The van der Waals surface area contributed by atoms with Crippen LogP contribution in [0.2, 0.25) is 0 Å². The number of nitrogens with one attached hydrogen (secondary N) is 1. The molecule has 2 fully saturated rings. The number of rotatable bonds is 5. The van der Waals surface area contributed by atoms with Gasteiger partial charge in [0.25, 0.3) is 0 Å². The molecule has 1 amide bonds. The van der Waals surface area contributed by atoms with Gasteiger partial charge in [0.1, 0.15) is 0 Å². The maximum absolute atomic E-state index is 12.4. The summed E-state index contributed by atoms with van der Waals surface area (Å²) in [6.07, 6.45) is 2.72. The minimum atomic E-state index is 0.156. The molecule has 0 radical (unpaired) electrons. The van der Waals surface area contributed by atoms with Crippen molar-refractivity contribution in [1.29, 1.82) is 0 Å². The zero-order valence-corrected chi connectivity index (χ0v) is 13.8.